The molecule has 0 heterocycles. The summed E-state index contributed by atoms with van der Waals surface area (Å²) in [6.07, 6.45) is 0. The second-order valence-corrected chi connectivity index (χ2v) is 5.92. The van der Waals surface area contributed by atoms with Gasteiger partial charge in [0.25, 0.3) is 0 Å². The van der Waals surface area contributed by atoms with Gasteiger partial charge in [0.15, 0.2) is 0 Å². The smallest absolute Gasteiger partial charge is 0.0869 e. The Morgan fingerprint density at radius 1 is 0.722 bits per heavy atom. The minimum absolute atomic E-state index is 0.642. The van der Waals surface area contributed by atoms with Gasteiger partial charge in [-0.3, -0.25) is 0 Å². The number of azo groups is 1. The molecule has 0 aliphatic carbocycles. The summed E-state index contributed by atoms with van der Waals surface area (Å²) in [5.74, 6) is 0. The quantitative estimate of drug-likeness (QED) is 0.481. The van der Waals surface area contributed by atoms with Crippen LogP contribution in [0.4, 0.5) is 11.4 Å². The first-order valence-electron chi connectivity index (χ1n) is 4.88. The molecule has 0 radical (unpaired) electrons. The highest BCUT2D eigenvalue weighted by molar-refractivity contribution is 9.10. The van der Waals surface area contributed by atoms with Crippen molar-refractivity contribution < 1.29 is 0 Å². The zero-order chi connectivity index (χ0) is 13.1. The third-order valence-corrected chi connectivity index (χ3v) is 4.52. The van der Waals surface area contributed by atoms with E-state index in [1.54, 1.807) is 36.4 Å². The number of hydrogen-bond acceptors (Lipinski definition) is 2. The van der Waals surface area contributed by atoms with Crippen LogP contribution in [0.15, 0.2) is 55.6 Å². The van der Waals surface area contributed by atoms with E-state index < -0.39 is 0 Å². The summed E-state index contributed by atoms with van der Waals surface area (Å²) in [6.45, 7) is 0. The first kappa shape index (κ1) is 14.0. The maximum absolute atomic E-state index is 5.90. The fraction of sp³-hybridized carbons (Fsp3) is 0. The van der Waals surface area contributed by atoms with Crippen LogP contribution in [0.3, 0.4) is 0 Å². The molecule has 0 aromatic heterocycles. The molecule has 2 aromatic rings. The second kappa shape index (κ2) is 6.15. The molecule has 0 atom stereocenters. The molecular formula is C12H6Br2Cl2N2. The van der Waals surface area contributed by atoms with Crippen molar-refractivity contribution in [1.82, 2.24) is 0 Å². The molecule has 2 rings (SSSR count). The second-order valence-electron chi connectivity index (χ2n) is 3.40. The Hall–Kier alpha value is -0.420. The number of hydrogen-bond donors (Lipinski definition) is 0. The Balaban J connectivity index is 2.24. The lowest BCUT2D eigenvalue weighted by Gasteiger charge is -1.98. The van der Waals surface area contributed by atoms with E-state index in [9.17, 15) is 0 Å². The van der Waals surface area contributed by atoms with Gasteiger partial charge >= 0.3 is 0 Å². The molecule has 92 valence electrons. The average Bonchev–Trinajstić information content (AvgIpc) is 2.35. The van der Waals surface area contributed by atoms with Gasteiger partial charge in [-0.05, 0) is 68.3 Å². The summed E-state index contributed by atoms with van der Waals surface area (Å²) in [5.41, 5.74) is 1.44. The van der Waals surface area contributed by atoms with Gasteiger partial charge in [-0.1, -0.05) is 23.2 Å². The van der Waals surface area contributed by atoms with E-state index in [-0.39, 0.29) is 0 Å². The van der Waals surface area contributed by atoms with Crippen LogP contribution in [0.2, 0.25) is 10.0 Å². The van der Waals surface area contributed by atoms with Crippen molar-refractivity contribution in [2.24, 2.45) is 10.2 Å². The van der Waals surface area contributed by atoms with E-state index in [4.69, 9.17) is 23.2 Å². The number of benzene rings is 2. The van der Waals surface area contributed by atoms with Gasteiger partial charge in [0.2, 0.25) is 0 Å². The van der Waals surface area contributed by atoms with Crippen molar-refractivity contribution in [3.05, 3.63) is 55.4 Å². The molecule has 0 unspecified atom stereocenters. The molecule has 0 amide bonds. The number of rotatable bonds is 2. The highest BCUT2D eigenvalue weighted by atomic mass is 79.9. The minimum Gasteiger partial charge on any atom is -0.151 e. The first-order chi connectivity index (χ1) is 8.56. The van der Waals surface area contributed by atoms with Gasteiger partial charge in [-0.2, -0.15) is 10.2 Å². The lowest BCUT2D eigenvalue weighted by Crippen LogP contribution is -1.70. The zero-order valence-corrected chi connectivity index (χ0v) is 13.6. The van der Waals surface area contributed by atoms with Gasteiger partial charge < -0.3 is 0 Å². The summed E-state index contributed by atoms with van der Waals surface area (Å²) in [5, 5.41) is 9.53. The van der Waals surface area contributed by atoms with Crippen LogP contribution in [0.25, 0.3) is 0 Å². The van der Waals surface area contributed by atoms with E-state index in [1.165, 1.54) is 0 Å². The van der Waals surface area contributed by atoms with Crippen molar-refractivity contribution in [1.29, 1.82) is 0 Å². The lowest BCUT2D eigenvalue weighted by molar-refractivity contribution is 1.23. The lowest BCUT2D eigenvalue weighted by atomic mass is 10.3. The van der Waals surface area contributed by atoms with Crippen molar-refractivity contribution >= 4 is 66.4 Å². The standard InChI is InChI=1S/C12H6Br2Cl2N2/c13-9-5-7(1-3-11(9)15)17-18-8-2-4-12(16)10(14)6-8/h1-6H. The predicted molar refractivity (Wildman–Crippen MR) is 82.5 cm³/mol. The van der Waals surface area contributed by atoms with E-state index in [0.29, 0.717) is 10.0 Å². The van der Waals surface area contributed by atoms with Crippen molar-refractivity contribution in [2.45, 2.75) is 0 Å². The summed E-state index contributed by atoms with van der Waals surface area (Å²) in [4.78, 5) is 0. The highest BCUT2D eigenvalue weighted by Crippen LogP contribution is 2.30. The van der Waals surface area contributed by atoms with Crippen molar-refractivity contribution in [3.8, 4) is 0 Å². The summed E-state index contributed by atoms with van der Waals surface area (Å²) in [6, 6.07) is 10.7. The van der Waals surface area contributed by atoms with Crippen LogP contribution in [-0.4, -0.2) is 0 Å². The molecule has 2 aromatic carbocycles. The average molecular weight is 409 g/mol. The minimum atomic E-state index is 0.642. The molecule has 0 bridgehead atoms. The van der Waals surface area contributed by atoms with E-state index >= 15 is 0 Å². The zero-order valence-electron chi connectivity index (χ0n) is 8.87. The Morgan fingerprint density at radius 2 is 1.11 bits per heavy atom. The van der Waals surface area contributed by atoms with Crippen LogP contribution in [0.1, 0.15) is 0 Å². The largest absolute Gasteiger partial charge is 0.151 e. The Morgan fingerprint density at radius 3 is 1.44 bits per heavy atom. The Kier molecular flexibility index (Phi) is 4.78. The molecule has 0 aliphatic heterocycles. The third-order valence-electron chi connectivity index (χ3n) is 2.09. The van der Waals surface area contributed by atoms with E-state index in [0.717, 1.165) is 20.3 Å². The topological polar surface area (TPSA) is 24.7 Å². The molecular weight excluding hydrogens is 403 g/mol. The van der Waals surface area contributed by atoms with Crippen molar-refractivity contribution in [3.63, 3.8) is 0 Å². The van der Waals surface area contributed by atoms with Crippen LogP contribution >= 0.6 is 55.1 Å². The molecule has 18 heavy (non-hydrogen) atoms. The fourth-order valence-corrected chi connectivity index (χ4v) is 2.18. The first-order valence-corrected chi connectivity index (χ1v) is 7.22. The van der Waals surface area contributed by atoms with Crippen LogP contribution in [0.5, 0.6) is 0 Å². The Bertz CT molecular complexity index is 562. The van der Waals surface area contributed by atoms with Gasteiger partial charge in [-0.25, -0.2) is 0 Å². The van der Waals surface area contributed by atoms with Crippen LogP contribution in [0, 0.1) is 0 Å². The molecule has 0 aliphatic rings. The summed E-state index contributed by atoms with van der Waals surface area (Å²) >= 11 is 18.5. The number of nitrogens with zero attached hydrogens (tertiary/aromatic N) is 2. The third kappa shape index (κ3) is 3.54. The monoisotopic (exact) mass is 406 g/mol. The molecule has 0 fully saturated rings. The normalized spacial score (nSPS) is 11.1. The van der Waals surface area contributed by atoms with Gasteiger partial charge in [-0.15, -0.1) is 0 Å². The molecule has 0 saturated carbocycles. The maximum Gasteiger partial charge on any atom is 0.0869 e. The SMILES string of the molecule is Clc1ccc(N=Nc2ccc(Cl)c(Br)c2)cc1Br. The van der Waals surface area contributed by atoms with Gasteiger partial charge in [0.1, 0.15) is 0 Å². The highest BCUT2D eigenvalue weighted by Gasteiger charge is 1.99. The van der Waals surface area contributed by atoms with Crippen LogP contribution < -0.4 is 0 Å². The molecule has 0 saturated heterocycles. The van der Waals surface area contributed by atoms with Gasteiger partial charge in [0, 0.05) is 8.95 Å². The molecule has 6 heteroatoms. The molecule has 0 N–H and O–H groups in total. The number of halogens is 4. The van der Waals surface area contributed by atoms with E-state index in [1.807, 2.05) is 0 Å². The maximum atomic E-state index is 5.90. The van der Waals surface area contributed by atoms with Crippen molar-refractivity contribution in [2.75, 3.05) is 0 Å². The summed E-state index contributed by atoms with van der Waals surface area (Å²) < 4.78 is 1.58. The molecule has 0 spiro atoms. The fourth-order valence-electron chi connectivity index (χ4n) is 1.21. The van der Waals surface area contributed by atoms with Gasteiger partial charge in [0.05, 0.1) is 21.4 Å². The molecule has 2 nitrogen and oxygen atoms in total. The Labute approximate surface area is 131 Å². The van der Waals surface area contributed by atoms with Crippen LogP contribution in [-0.2, 0) is 0 Å². The predicted octanol–water partition coefficient (Wildman–Crippen LogP) is 6.93. The summed E-state index contributed by atoms with van der Waals surface area (Å²) in [7, 11) is 0. The van der Waals surface area contributed by atoms with E-state index in [2.05, 4.69) is 42.1 Å².